The largest absolute Gasteiger partial charge is 0.469 e. The van der Waals surface area contributed by atoms with Gasteiger partial charge in [0.1, 0.15) is 4.99 Å². The highest BCUT2D eigenvalue weighted by atomic mass is 35.5. The monoisotopic (exact) mass is 312 g/mol. The van der Waals surface area contributed by atoms with Crippen LogP contribution in [0.5, 0.6) is 0 Å². The Morgan fingerprint density at radius 3 is 2.95 bits per heavy atom. The zero-order valence-corrected chi connectivity index (χ0v) is 12.8. The third kappa shape index (κ3) is 3.22. The number of piperidine rings is 1. The molecule has 108 valence electrons. The van der Waals surface area contributed by atoms with Crippen molar-refractivity contribution in [2.45, 2.75) is 12.8 Å². The smallest absolute Gasteiger partial charge is 0.310 e. The summed E-state index contributed by atoms with van der Waals surface area (Å²) in [5, 5.41) is 0.625. The minimum absolute atomic E-state index is 0.119. The van der Waals surface area contributed by atoms with Gasteiger partial charge in [-0.2, -0.15) is 0 Å². The van der Waals surface area contributed by atoms with E-state index in [1.54, 1.807) is 6.07 Å². The maximum absolute atomic E-state index is 11.7. The number of halogens is 1. The van der Waals surface area contributed by atoms with Crippen LogP contribution in [0, 0.1) is 5.92 Å². The van der Waals surface area contributed by atoms with Crippen LogP contribution < -0.4 is 10.6 Å². The predicted molar refractivity (Wildman–Crippen MR) is 84.3 cm³/mol. The second-order valence-corrected chi connectivity index (χ2v) is 5.71. The van der Waals surface area contributed by atoms with Crippen LogP contribution in [-0.2, 0) is 9.53 Å². The van der Waals surface area contributed by atoms with E-state index in [-0.39, 0.29) is 11.9 Å². The summed E-state index contributed by atoms with van der Waals surface area (Å²) < 4.78 is 4.83. The maximum atomic E-state index is 11.7. The number of methoxy groups -OCH3 is 1. The van der Waals surface area contributed by atoms with Crippen LogP contribution >= 0.6 is 23.8 Å². The molecule has 1 aromatic rings. The fourth-order valence-electron chi connectivity index (χ4n) is 2.53. The molecule has 0 radical (unpaired) electrons. The Morgan fingerprint density at radius 2 is 2.30 bits per heavy atom. The summed E-state index contributed by atoms with van der Waals surface area (Å²) in [6, 6.07) is 5.43. The molecule has 1 fully saturated rings. The van der Waals surface area contributed by atoms with E-state index in [0.717, 1.165) is 30.6 Å². The molecular weight excluding hydrogens is 296 g/mol. The lowest BCUT2D eigenvalue weighted by Crippen LogP contribution is -2.40. The van der Waals surface area contributed by atoms with E-state index in [1.165, 1.54) is 7.11 Å². The molecule has 1 atom stereocenters. The number of carbonyl (C=O) groups excluding carboxylic acids is 1. The van der Waals surface area contributed by atoms with Crippen molar-refractivity contribution in [3.8, 4) is 0 Å². The zero-order valence-electron chi connectivity index (χ0n) is 11.3. The quantitative estimate of drug-likeness (QED) is 0.686. The molecule has 0 spiro atoms. The number of ether oxygens (including phenoxy) is 1. The minimum atomic E-state index is -0.173. The lowest BCUT2D eigenvalue weighted by atomic mass is 9.97. The fourth-order valence-corrected chi connectivity index (χ4v) is 2.87. The first-order chi connectivity index (χ1) is 9.52. The molecular formula is C14H17ClN2O2S. The average molecular weight is 313 g/mol. The van der Waals surface area contributed by atoms with Crippen molar-refractivity contribution in [1.29, 1.82) is 0 Å². The molecule has 4 nitrogen and oxygen atoms in total. The van der Waals surface area contributed by atoms with E-state index in [0.29, 0.717) is 16.6 Å². The van der Waals surface area contributed by atoms with Gasteiger partial charge in [0.05, 0.1) is 13.0 Å². The van der Waals surface area contributed by atoms with Crippen LogP contribution in [0.25, 0.3) is 0 Å². The van der Waals surface area contributed by atoms with E-state index < -0.39 is 0 Å². The molecule has 0 aromatic heterocycles. The van der Waals surface area contributed by atoms with Crippen LogP contribution in [0.15, 0.2) is 18.2 Å². The molecule has 1 aliphatic heterocycles. The van der Waals surface area contributed by atoms with Gasteiger partial charge < -0.3 is 15.4 Å². The second-order valence-electron chi connectivity index (χ2n) is 4.83. The van der Waals surface area contributed by atoms with E-state index in [4.69, 9.17) is 34.3 Å². The van der Waals surface area contributed by atoms with E-state index in [9.17, 15) is 4.79 Å². The maximum Gasteiger partial charge on any atom is 0.310 e. The highest BCUT2D eigenvalue weighted by Crippen LogP contribution is 2.29. The number of carbonyl (C=O) groups is 1. The number of hydrogen-bond donors (Lipinski definition) is 1. The Labute approximate surface area is 128 Å². The average Bonchev–Trinajstić information content (AvgIpc) is 2.46. The van der Waals surface area contributed by atoms with Gasteiger partial charge in [-0.1, -0.05) is 23.8 Å². The van der Waals surface area contributed by atoms with Crippen molar-refractivity contribution in [1.82, 2.24) is 0 Å². The standard InChI is InChI=1S/C14H17ClN2O2S/c1-19-14(18)9-3-2-6-17(8-9)12-7-10(15)4-5-11(12)13(16)20/h4-5,7,9H,2-3,6,8H2,1H3,(H2,16,20). The van der Waals surface area contributed by atoms with Gasteiger partial charge in [0, 0.05) is 29.4 Å². The molecule has 1 aromatic carbocycles. The van der Waals surface area contributed by atoms with Gasteiger partial charge in [0.25, 0.3) is 0 Å². The normalized spacial score (nSPS) is 18.7. The molecule has 1 saturated heterocycles. The van der Waals surface area contributed by atoms with Crippen LogP contribution in [0.2, 0.25) is 5.02 Å². The van der Waals surface area contributed by atoms with Crippen molar-refractivity contribution >= 4 is 40.5 Å². The minimum Gasteiger partial charge on any atom is -0.469 e. The SMILES string of the molecule is COC(=O)C1CCCN(c2cc(Cl)ccc2C(N)=S)C1. The summed E-state index contributed by atoms with van der Waals surface area (Å²) in [5.41, 5.74) is 7.44. The Hall–Kier alpha value is -1.33. The zero-order chi connectivity index (χ0) is 14.7. The van der Waals surface area contributed by atoms with Gasteiger partial charge in [-0.25, -0.2) is 0 Å². The molecule has 6 heteroatoms. The number of nitrogens with two attached hydrogens (primary N) is 1. The Bertz CT molecular complexity index is 536. The molecule has 1 heterocycles. The first-order valence-electron chi connectivity index (χ1n) is 6.45. The number of anilines is 1. The number of thiocarbonyl (C=S) groups is 1. The van der Waals surface area contributed by atoms with Gasteiger partial charge in [0.15, 0.2) is 0 Å². The summed E-state index contributed by atoms with van der Waals surface area (Å²) >= 11 is 11.1. The summed E-state index contributed by atoms with van der Waals surface area (Å²) in [7, 11) is 1.42. The van der Waals surface area contributed by atoms with E-state index >= 15 is 0 Å². The topological polar surface area (TPSA) is 55.6 Å². The number of benzene rings is 1. The summed E-state index contributed by atoms with van der Waals surface area (Å²) in [4.78, 5) is 14.1. The lowest BCUT2D eigenvalue weighted by Gasteiger charge is -2.34. The van der Waals surface area contributed by atoms with E-state index in [2.05, 4.69) is 4.90 Å². The second kappa shape index (κ2) is 6.41. The molecule has 2 N–H and O–H groups in total. The first kappa shape index (κ1) is 15.1. The summed E-state index contributed by atoms with van der Waals surface area (Å²) in [5.74, 6) is -0.291. The van der Waals surface area contributed by atoms with Crippen molar-refractivity contribution in [3.05, 3.63) is 28.8 Å². The van der Waals surface area contributed by atoms with Crippen LogP contribution in [0.1, 0.15) is 18.4 Å². The predicted octanol–water partition coefficient (Wildman–Crippen LogP) is 2.36. The van der Waals surface area contributed by atoms with Crippen LogP contribution in [0.4, 0.5) is 5.69 Å². The van der Waals surface area contributed by atoms with Gasteiger partial charge in [-0.05, 0) is 31.0 Å². The molecule has 1 unspecified atom stereocenters. The summed E-state index contributed by atoms with van der Waals surface area (Å²) in [6.45, 7) is 1.45. The lowest BCUT2D eigenvalue weighted by molar-refractivity contribution is -0.145. The van der Waals surface area contributed by atoms with Gasteiger partial charge in [0.2, 0.25) is 0 Å². The first-order valence-corrected chi connectivity index (χ1v) is 7.23. The third-order valence-electron chi connectivity index (χ3n) is 3.52. The molecule has 0 saturated carbocycles. The van der Waals surface area contributed by atoms with Crippen LogP contribution in [-0.4, -0.2) is 31.2 Å². The number of esters is 1. The molecule has 2 rings (SSSR count). The Morgan fingerprint density at radius 1 is 1.55 bits per heavy atom. The van der Waals surface area contributed by atoms with Crippen molar-refractivity contribution in [2.24, 2.45) is 11.7 Å². The van der Waals surface area contributed by atoms with Crippen LogP contribution in [0.3, 0.4) is 0 Å². The van der Waals surface area contributed by atoms with Gasteiger partial charge in [-0.15, -0.1) is 0 Å². The summed E-state index contributed by atoms with van der Waals surface area (Å²) in [6.07, 6.45) is 1.76. The number of nitrogens with zero attached hydrogens (tertiary/aromatic N) is 1. The van der Waals surface area contributed by atoms with Crippen molar-refractivity contribution < 1.29 is 9.53 Å². The highest BCUT2D eigenvalue weighted by Gasteiger charge is 2.27. The molecule has 1 aliphatic rings. The Balaban J connectivity index is 2.28. The molecule has 0 aliphatic carbocycles. The van der Waals surface area contributed by atoms with Crippen molar-refractivity contribution in [2.75, 3.05) is 25.1 Å². The Kier molecular flexibility index (Phi) is 4.83. The van der Waals surface area contributed by atoms with Gasteiger partial charge >= 0.3 is 5.97 Å². The molecule has 20 heavy (non-hydrogen) atoms. The molecule has 0 bridgehead atoms. The molecule has 0 amide bonds. The van der Waals surface area contributed by atoms with E-state index in [1.807, 2.05) is 12.1 Å². The number of hydrogen-bond acceptors (Lipinski definition) is 4. The third-order valence-corrected chi connectivity index (χ3v) is 3.98. The van der Waals surface area contributed by atoms with Gasteiger partial charge in [-0.3, -0.25) is 4.79 Å². The van der Waals surface area contributed by atoms with Crippen molar-refractivity contribution in [3.63, 3.8) is 0 Å². The fraction of sp³-hybridized carbons (Fsp3) is 0.429. The highest BCUT2D eigenvalue weighted by molar-refractivity contribution is 7.80. The number of rotatable bonds is 3.